The Hall–Kier alpha value is -2.97. The monoisotopic (exact) mass is 1040 g/mol. The van der Waals surface area contributed by atoms with Crippen LogP contribution in [0.15, 0.2) is 30.3 Å². The van der Waals surface area contributed by atoms with Gasteiger partial charge in [0, 0.05) is 59.7 Å². The number of carbonyl (C=O) groups is 4. The molecule has 1 fully saturated rings. The Balaban J connectivity index is 1.93. The summed E-state index contributed by atoms with van der Waals surface area (Å²) in [6.07, 6.45) is 4.46. The fourth-order valence-corrected chi connectivity index (χ4v) is 9.98. The Labute approximate surface area is 439 Å². The molecular weight excluding hydrogens is 941 g/mol. The van der Waals surface area contributed by atoms with Gasteiger partial charge in [-0.1, -0.05) is 97.4 Å². The van der Waals surface area contributed by atoms with Gasteiger partial charge in [-0.2, -0.15) is 0 Å². The van der Waals surface area contributed by atoms with E-state index >= 15 is 0 Å². The van der Waals surface area contributed by atoms with Gasteiger partial charge in [0.15, 0.2) is 5.78 Å². The average Bonchev–Trinajstić information content (AvgIpc) is 3.85. The molecule has 0 saturated carbocycles. The maximum Gasteiger partial charge on any atom is 0.226 e. The highest BCUT2D eigenvalue weighted by atomic mass is 32.1. The Morgan fingerprint density at radius 2 is 1.26 bits per heavy atom. The molecule has 1 aliphatic rings. The van der Waals surface area contributed by atoms with E-state index in [2.05, 4.69) is 45.0 Å². The third kappa shape index (κ3) is 23.3. The second-order valence-electron chi connectivity index (χ2n) is 19.8. The summed E-state index contributed by atoms with van der Waals surface area (Å²) >= 11 is 5.97. The molecule has 0 unspecified atom stereocenters. The minimum atomic E-state index is -0.726. The second-order valence-corrected chi connectivity index (χ2v) is 20.3. The summed E-state index contributed by atoms with van der Waals surface area (Å²) < 4.78 is 45.2. The van der Waals surface area contributed by atoms with Crippen LogP contribution >= 0.6 is 12.2 Å². The lowest BCUT2D eigenvalue weighted by Crippen LogP contribution is -2.54. The normalized spacial score (nSPS) is 16.9. The number of hydrogen-bond acceptors (Lipinski definition) is 14. The number of nitrogens with two attached hydrogens (primary N) is 1. The van der Waals surface area contributed by atoms with Crippen molar-refractivity contribution < 1.29 is 57.1 Å². The fraction of sp³-hybridized carbons (Fsp3) is 0.800. The SMILES string of the molecule is CC[C@H](C)[C@@H]([C@@H](CC(=O)N1CCC[C@H]1[C@H](OC)[C@@H](C)C(=S)CCCc1ccccc1)OC)N(C)C(=O)[C@@H](CC(=O)[C@H](C(C)C)N(C)C(=O)CCOCCOCCOCCOCCOCCOCCN)C(C)C. The minimum Gasteiger partial charge on any atom is -0.379 e. The van der Waals surface area contributed by atoms with Crippen molar-refractivity contribution in [2.75, 3.05) is 121 Å². The van der Waals surface area contributed by atoms with Crippen LogP contribution in [0.1, 0.15) is 105 Å². The molecule has 1 aromatic rings. The summed E-state index contributed by atoms with van der Waals surface area (Å²) in [5, 5.41) is 0. The number of thiocarbonyl (C=S) groups is 1. The Kier molecular flexibility index (Phi) is 34.1. The largest absolute Gasteiger partial charge is 0.379 e. The van der Waals surface area contributed by atoms with E-state index in [4.69, 9.17) is 55.8 Å². The molecule has 0 spiro atoms. The number of likely N-dealkylation sites (N-methyl/N-ethyl adjacent to an activating group) is 2. The third-order valence-corrected chi connectivity index (χ3v) is 14.6. The van der Waals surface area contributed by atoms with E-state index in [9.17, 15) is 19.2 Å². The molecule has 0 radical (unpaired) electrons. The van der Waals surface area contributed by atoms with E-state index in [1.54, 1.807) is 33.2 Å². The number of methoxy groups -OCH3 is 2. The molecule has 8 atom stereocenters. The number of hydrogen-bond donors (Lipinski definition) is 1. The van der Waals surface area contributed by atoms with Crippen LogP contribution in [0.4, 0.5) is 0 Å². The number of likely N-dealkylation sites (tertiary alicyclic amines) is 1. The topological polar surface area (TPSA) is 178 Å². The van der Waals surface area contributed by atoms with Crippen LogP contribution in [0.25, 0.3) is 0 Å². The Bertz CT molecular complexity index is 1660. The summed E-state index contributed by atoms with van der Waals surface area (Å²) in [6, 6.07) is 9.12. The van der Waals surface area contributed by atoms with E-state index in [-0.39, 0.29) is 85.2 Å². The van der Waals surface area contributed by atoms with Crippen molar-refractivity contribution in [2.45, 2.75) is 137 Å². The van der Waals surface area contributed by atoms with Crippen LogP contribution < -0.4 is 5.73 Å². The molecule has 1 heterocycles. The van der Waals surface area contributed by atoms with Gasteiger partial charge in [0.25, 0.3) is 0 Å². The Morgan fingerprint density at radius 1 is 0.722 bits per heavy atom. The first kappa shape index (κ1) is 65.1. The number of aryl methyl sites for hydroxylation is 1. The van der Waals surface area contributed by atoms with Crippen molar-refractivity contribution in [3.05, 3.63) is 35.9 Å². The number of ether oxygens (including phenoxy) is 8. The third-order valence-electron chi connectivity index (χ3n) is 14.0. The van der Waals surface area contributed by atoms with Crippen molar-refractivity contribution >= 4 is 40.6 Å². The zero-order valence-electron chi connectivity index (χ0n) is 46.1. The van der Waals surface area contributed by atoms with E-state index in [1.165, 1.54) is 10.5 Å². The number of Topliss-reactive ketones (excluding diaryl/α,β-unsaturated/α-hetero) is 1. The second kappa shape index (κ2) is 37.7. The molecule has 1 aromatic carbocycles. The molecule has 0 aliphatic carbocycles. The van der Waals surface area contributed by atoms with E-state index in [0.717, 1.165) is 43.4 Å². The lowest BCUT2D eigenvalue weighted by molar-refractivity contribution is -0.149. The molecule has 16 nitrogen and oxygen atoms in total. The number of ketones is 1. The predicted molar refractivity (Wildman–Crippen MR) is 286 cm³/mol. The van der Waals surface area contributed by atoms with E-state index in [1.807, 2.05) is 38.7 Å². The summed E-state index contributed by atoms with van der Waals surface area (Å²) in [5.74, 6) is -1.67. The molecule has 2 N–H and O–H groups in total. The molecule has 1 saturated heterocycles. The number of nitrogens with zero attached hydrogens (tertiary/aromatic N) is 3. The highest BCUT2D eigenvalue weighted by molar-refractivity contribution is 7.80. The van der Waals surface area contributed by atoms with Crippen LogP contribution in [0.2, 0.25) is 0 Å². The van der Waals surface area contributed by atoms with Crippen molar-refractivity contribution in [2.24, 2.45) is 35.3 Å². The molecule has 3 amide bonds. The first-order valence-corrected chi connectivity index (χ1v) is 27.1. The summed E-state index contributed by atoms with van der Waals surface area (Å²) in [6.45, 7) is 20.2. The van der Waals surface area contributed by atoms with Gasteiger partial charge in [-0.05, 0) is 60.3 Å². The number of benzene rings is 1. The molecule has 17 heteroatoms. The standard InChI is InChI=1S/C55H96N4O12S/c1-12-42(6)53(48(64-10)39-51(62)59-25-17-21-46(59)54(65-11)43(7)49(72)22-16-20-44-18-14-13-15-19-44)58(9)55(63)45(40(2)3)38-47(60)52(41(4)5)57(8)50(61)23-26-66-28-30-68-32-34-70-36-37-71-35-33-69-31-29-67-27-24-56/h13-15,18-19,40-43,45-46,48,52-54H,12,16-17,20-39,56H2,1-11H3/t42-,43-,45-,46-,48+,52-,53-,54+/m0/s1. The van der Waals surface area contributed by atoms with Crippen LogP contribution in [0, 0.1) is 29.6 Å². The highest BCUT2D eigenvalue weighted by Gasteiger charge is 2.43. The van der Waals surface area contributed by atoms with Gasteiger partial charge in [-0.3, -0.25) is 19.2 Å². The van der Waals surface area contributed by atoms with E-state index in [0.29, 0.717) is 85.8 Å². The van der Waals surface area contributed by atoms with Gasteiger partial charge < -0.3 is 58.3 Å². The molecule has 1 aliphatic heterocycles. The maximum atomic E-state index is 14.7. The zero-order chi connectivity index (χ0) is 53.4. The van der Waals surface area contributed by atoms with Gasteiger partial charge in [0.1, 0.15) is 0 Å². The van der Waals surface area contributed by atoms with Gasteiger partial charge in [0.05, 0.1) is 122 Å². The van der Waals surface area contributed by atoms with Gasteiger partial charge >= 0.3 is 0 Å². The van der Waals surface area contributed by atoms with Crippen molar-refractivity contribution in [1.29, 1.82) is 0 Å². The molecule has 0 aromatic heterocycles. The first-order valence-electron chi connectivity index (χ1n) is 26.7. The Morgan fingerprint density at radius 3 is 1.75 bits per heavy atom. The highest BCUT2D eigenvalue weighted by Crippen LogP contribution is 2.32. The zero-order valence-corrected chi connectivity index (χ0v) is 47.0. The van der Waals surface area contributed by atoms with Crippen LogP contribution in [0.3, 0.4) is 0 Å². The molecule has 0 bridgehead atoms. The van der Waals surface area contributed by atoms with Crippen LogP contribution in [0.5, 0.6) is 0 Å². The van der Waals surface area contributed by atoms with Gasteiger partial charge in [0.2, 0.25) is 17.7 Å². The first-order chi connectivity index (χ1) is 34.5. The fourth-order valence-electron chi connectivity index (χ4n) is 9.70. The molecule has 72 heavy (non-hydrogen) atoms. The van der Waals surface area contributed by atoms with Crippen molar-refractivity contribution in [3.63, 3.8) is 0 Å². The van der Waals surface area contributed by atoms with Crippen molar-refractivity contribution in [3.8, 4) is 0 Å². The number of carbonyl (C=O) groups excluding carboxylic acids is 4. The minimum absolute atomic E-state index is 0.0179. The lowest BCUT2D eigenvalue weighted by Gasteiger charge is -2.41. The van der Waals surface area contributed by atoms with Gasteiger partial charge in [-0.25, -0.2) is 0 Å². The summed E-state index contributed by atoms with van der Waals surface area (Å²) in [7, 11) is 6.72. The molecular formula is C55H96N4O12S. The van der Waals surface area contributed by atoms with Gasteiger partial charge in [-0.15, -0.1) is 0 Å². The van der Waals surface area contributed by atoms with E-state index < -0.39 is 24.1 Å². The smallest absolute Gasteiger partial charge is 0.226 e. The molecule has 2 rings (SSSR count). The average molecular weight is 1040 g/mol. The maximum absolute atomic E-state index is 14.7. The number of amides is 3. The lowest BCUT2D eigenvalue weighted by atomic mass is 9.83. The summed E-state index contributed by atoms with van der Waals surface area (Å²) in [4.78, 5) is 62.9. The van der Waals surface area contributed by atoms with Crippen LogP contribution in [-0.4, -0.2) is 194 Å². The van der Waals surface area contributed by atoms with Crippen molar-refractivity contribution in [1.82, 2.24) is 14.7 Å². The molecule has 414 valence electrons. The van der Waals surface area contributed by atoms with Crippen LogP contribution in [-0.2, 0) is 63.5 Å². The number of rotatable bonds is 42. The summed E-state index contributed by atoms with van der Waals surface area (Å²) in [5.41, 5.74) is 6.67. The predicted octanol–water partition coefficient (Wildman–Crippen LogP) is 6.46. The quantitative estimate of drug-likeness (QED) is 0.0557.